The number of nitrogens with one attached hydrogen (secondary N) is 1. The monoisotopic (exact) mass is 309 g/mol. The molecule has 0 bridgehead atoms. The fourth-order valence-electron chi connectivity index (χ4n) is 1.68. The summed E-state index contributed by atoms with van der Waals surface area (Å²) in [6, 6.07) is 4.05. The second-order valence-corrected chi connectivity index (χ2v) is 4.53. The molecule has 1 N–H and O–H groups in total. The molecule has 21 heavy (non-hydrogen) atoms. The first-order chi connectivity index (χ1) is 10.0. The molecule has 2 aromatic rings. The first-order valence-corrected chi connectivity index (χ1v) is 6.55. The number of aromatic nitrogens is 1. The zero-order chi connectivity index (χ0) is 15.4. The van der Waals surface area contributed by atoms with Crippen LogP contribution >= 0.6 is 11.6 Å². The number of nitro benzene ring substituents is 1. The van der Waals surface area contributed by atoms with Gasteiger partial charge in [-0.25, -0.2) is 4.98 Å². The van der Waals surface area contributed by atoms with E-state index in [2.05, 4.69) is 10.3 Å². The van der Waals surface area contributed by atoms with Crippen LogP contribution in [0, 0.1) is 10.1 Å². The van der Waals surface area contributed by atoms with E-state index in [0.29, 0.717) is 18.1 Å². The number of nitro groups is 1. The van der Waals surface area contributed by atoms with Crippen LogP contribution in [0.3, 0.4) is 0 Å². The van der Waals surface area contributed by atoms with Gasteiger partial charge in [-0.05, 0) is 6.07 Å². The van der Waals surface area contributed by atoms with Crippen molar-refractivity contribution >= 4 is 23.2 Å². The van der Waals surface area contributed by atoms with E-state index < -0.39 is 10.8 Å². The summed E-state index contributed by atoms with van der Waals surface area (Å²) >= 11 is 5.87. The van der Waals surface area contributed by atoms with Crippen LogP contribution in [0.2, 0.25) is 5.02 Å². The zero-order valence-corrected chi connectivity index (χ0v) is 11.9. The van der Waals surface area contributed by atoms with Gasteiger partial charge < -0.3 is 9.73 Å². The number of carbonyl (C=O) groups excluding carboxylic acids is 1. The van der Waals surface area contributed by atoms with Gasteiger partial charge in [-0.2, -0.15) is 0 Å². The molecule has 2 rings (SSSR count). The van der Waals surface area contributed by atoms with Gasteiger partial charge in [0.05, 0.1) is 23.2 Å². The highest BCUT2D eigenvalue weighted by Gasteiger charge is 2.20. The number of benzene rings is 1. The van der Waals surface area contributed by atoms with Crippen molar-refractivity contribution in [2.24, 2.45) is 0 Å². The van der Waals surface area contributed by atoms with Crippen LogP contribution in [0.4, 0.5) is 5.69 Å². The average molecular weight is 310 g/mol. The van der Waals surface area contributed by atoms with Gasteiger partial charge in [-0.1, -0.05) is 24.6 Å². The molecule has 0 aliphatic heterocycles. The maximum Gasteiger partial charge on any atom is 0.288 e. The predicted molar refractivity (Wildman–Crippen MR) is 75.2 cm³/mol. The molecule has 0 aliphatic carbocycles. The number of hydrogen-bond donors (Lipinski definition) is 1. The minimum atomic E-state index is -0.638. The molecule has 1 heterocycles. The Labute approximate surface area is 125 Å². The van der Waals surface area contributed by atoms with Gasteiger partial charge in [-0.15, -0.1) is 0 Å². The number of carbonyl (C=O) groups is 1. The quantitative estimate of drug-likeness (QED) is 0.676. The maximum absolute atomic E-state index is 12.0. The molecule has 0 fully saturated rings. The number of aryl methyl sites for hydroxylation is 1. The highest BCUT2D eigenvalue weighted by molar-refractivity contribution is 6.35. The van der Waals surface area contributed by atoms with Crippen molar-refractivity contribution in [1.82, 2.24) is 10.3 Å². The molecule has 0 spiro atoms. The summed E-state index contributed by atoms with van der Waals surface area (Å²) in [6.07, 6.45) is 2.29. The van der Waals surface area contributed by atoms with E-state index >= 15 is 0 Å². The van der Waals surface area contributed by atoms with Gasteiger partial charge in [0.1, 0.15) is 10.8 Å². The standard InChI is InChI=1S/C13H12ClN3O4/c1-2-8-6-15-11(21-8)7-16-13(18)9-4-3-5-10(12(9)14)17(19)20/h3-6H,2,7H2,1H3,(H,16,18). The smallest absolute Gasteiger partial charge is 0.288 e. The lowest BCUT2D eigenvalue weighted by Gasteiger charge is -2.05. The van der Waals surface area contributed by atoms with E-state index in [1.54, 1.807) is 6.20 Å². The number of oxazole rings is 1. The van der Waals surface area contributed by atoms with Crippen LogP contribution in [-0.2, 0) is 13.0 Å². The van der Waals surface area contributed by atoms with Crippen LogP contribution < -0.4 is 5.32 Å². The summed E-state index contributed by atoms with van der Waals surface area (Å²) in [4.78, 5) is 26.1. The third kappa shape index (κ3) is 3.38. The third-order valence-electron chi connectivity index (χ3n) is 2.77. The second kappa shape index (κ2) is 6.36. The summed E-state index contributed by atoms with van der Waals surface area (Å²) in [5, 5.41) is 13.1. The Bertz CT molecular complexity index is 684. The molecule has 0 atom stereocenters. The number of rotatable bonds is 5. The summed E-state index contributed by atoms with van der Waals surface area (Å²) in [5.41, 5.74) is -0.276. The predicted octanol–water partition coefficient (Wildman–Crippen LogP) is 2.73. The number of hydrogen-bond acceptors (Lipinski definition) is 5. The number of nitrogens with zero attached hydrogens (tertiary/aromatic N) is 2. The van der Waals surface area contributed by atoms with E-state index in [9.17, 15) is 14.9 Å². The SMILES string of the molecule is CCc1cnc(CNC(=O)c2cccc([N+](=O)[O-])c2Cl)o1. The molecule has 0 unspecified atom stereocenters. The van der Waals surface area contributed by atoms with E-state index in [-0.39, 0.29) is 22.8 Å². The highest BCUT2D eigenvalue weighted by atomic mass is 35.5. The fourth-order valence-corrected chi connectivity index (χ4v) is 1.96. The molecule has 1 aromatic heterocycles. The van der Waals surface area contributed by atoms with E-state index in [1.807, 2.05) is 6.92 Å². The lowest BCUT2D eigenvalue weighted by molar-refractivity contribution is -0.384. The first kappa shape index (κ1) is 15.0. The Morgan fingerprint density at radius 3 is 2.90 bits per heavy atom. The molecule has 1 amide bonds. The lowest BCUT2D eigenvalue weighted by atomic mass is 10.2. The minimum Gasteiger partial charge on any atom is -0.444 e. The normalized spacial score (nSPS) is 10.4. The van der Waals surface area contributed by atoms with Crippen molar-refractivity contribution in [2.75, 3.05) is 0 Å². The molecule has 1 aromatic carbocycles. The van der Waals surface area contributed by atoms with Gasteiger partial charge >= 0.3 is 0 Å². The van der Waals surface area contributed by atoms with Crippen LogP contribution in [0.5, 0.6) is 0 Å². The van der Waals surface area contributed by atoms with E-state index in [1.165, 1.54) is 18.2 Å². The molecule has 110 valence electrons. The Morgan fingerprint density at radius 2 is 2.29 bits per heavy atom. The molecule has 8 heteroatoms. The van der Waals surface area contributed by atoms with Gasteiger partial charge in [0, 0.05) is 12.5 Å². The summed E-state index contributed by atoms with van der Waals surface area (Å²) < 4.78 is 5.34. The Kier molecular flexibility index (Phi) is 4.54. The molecular weight excluding hydrogens is 298 g/mol. The van der Waals surface area contributed by atoms with E-state index in [4.69, 9.17) is 16.0 Å². The molecule has 0 saturated heterocycles. The zero-order valence-electron chi connectivity index (χ0n) is 11.1. The van der Waals surface area contributed by atoms with Crippen LogP contribution in [0.1, 0.15) is 28.9 Å². The van der Waals surface area contributed by atoms with Crippen LogP contribution in [0.25, 0.3) is 0 Å². The number of amides is 1. The number of halogens is 1. The third-order valence-corrected chi connectivity index (χ3v) is 3.17. The van der Waals surface area contributed by atoms with Crippen molar-refractivity contribution < 1.29 is 14.1 Å². The maximum atomic E-state index is 12.0. The van der Waals surface area contributed by atoms with E-state index in [0.717, 1.165) is 0 Å². The van der Waals surface area contributed by atoms with Gasteiger partial charge in [0.25, 0.3) is 11.6 Å². The van der Waals surface area contributed by atoms with Crippen LogP contribution in [0.15, 0.2) is 28.8 Å². The van der Waals surface area contributed by atoms with Gasteiger partial charge in [0.2, 0.25) is 5.89 Å². The van der Waals surface area contributed by atoms with Crippen LogP contribution in [-0.4, -0.2) is 15.8 Å². The van der Waals surface area contributed by atoms with Gasteiger partial charge in [-0.3, -0.25) is 14.9 Å². The summed E-state index contributed by atoms with van der Waals surface area (Å²) in [6.45, 7) is 2.00. The molecule has 0 aliphatic rings. The molecule has 0 radical (unpaired) electrons. The average Bonchev–Trinajstić information content (AvgIpc) is 2.92. The molecule has 7 nitrogen and oxygen atoms in total. The largest absolute Gasteiger partial charge is 0.444 e. The molecular formula is C13H12ClN3O4. The van der Waals surface area contributed by atoms with Crippen molar-refractivity contribution in [3.8, 4) is 0 Å². The topological polar surface area (TPSA) is 98.3 Å². The Hall–Kier alpha value is -2.41. The highest BCUT2D eigenvalue weighted by Crippen LogP contribution is 2.27. The minimum absolute atomic E-state index is 0.0353. The second-order valence-electron chi connectivity index (χ2n) is 4.15. The lowest BCUT2D eigenvalue weighted by Crippen LogP contribution is -2.23. The summed E-state index contributed by atoms with van der Waals surface area (Å²) in [7, 11) is 0. The van der Waals surface area contributed by atoms with Crippen molar-refractivity contribution in [1.29, 1.82) is 0 Å². The van der Waals surface area contributed by atoms with Crippen molar-refractivity contribution in [3.63, 3.8) is 0 Å². The Balaban J connectivity index is 2.10. The Morgan fingerprint density at radius 1 is 1.52 bits per heavy atom. The van der Waals surface area contributed by atoms with Crippen molar-refractivity contribution in [3.05, 3.63) is 56.7 Å². The fraction of sp³-hybridized carbons (Fsp3) is 0.231. The summed E-state index contributed by atoms with van der Waals surface area (Å²) in [5.74, 6) is 0.550. The molecule has 0 saturated carbocycles. The van der Waals surface area contributed by atoms with Crippen molar-refractivity contribution in [2.45, 2.75) is 19.9 Å². The first-order valence-electron chi connectivity index (χ1n) is 6.17. The van der Waals surface area contributed by atoms with Gasteiger partial charge in [0.15, 0.2) is 0 Å².